The van der Waals surface area contributed by atoms with E-state index in [-0.39, 0.29) is 10.6 Å². The van der Waals surface area contributed by atoms with Gasteiger partial charge in [-0.25, -0.2) is 0 Å². The predicted octanol–water partition coefficient (Wildman–Crippen LogP) is 3.56. The Labute approximate surface area is 92.5 Å². The molecule has 0 unspecified atom stereocenters. The van der Waals surface area contributed by atoms with Gasteiger partial charge in [-0.05, 0) is 13.0 Å². The van der Waals surface area contributed by atoms with Crippen LogP contribution in [0.4, 0.5) is 5.69 Å². The highest BCUT2D eigenvalue weighted by molar-refractivity contribution is 9.10. The average Bonchev–Trinajstić information content (AvgIpc) is 2.08. The summed E-state index contributed by atoms with van der Waals surface area (Å²) in [6.07, 6.45) is 0. The molecule has 0 fully saturated rings. The zero-order valence-electron chi connectivity index (χ0n) is 6.88. The molecule has 13 heavy (non-hydrogen) atoms. The van der Waals surface area contributed by atoms with Gasteiger partial charge in [-0.15, -0.1) is 0 Å². The van der Waals surface area contributed by atoms with Crippen molar-refractivity contribution in [3.8, 4) is 0 Å². The zero-order chi connectivity index (χ0) is 10.0. The maximum absolute atomic E-state index is 10.7. The number of hydrogen-bond donors (Lipinski definition) is 0. The summed E-state index contributed by atoms with van der Waals surface area (Å²) in [5.74, 6) is 0. The normalized spacial score (nSPS) is 10.1. The molecule has 0 aliphatic heterocycles. The van der Waals surface area contributed by atoms with Crippen molar-refractivity contribution in [1.29, 1.82) is 0 Å². The minimum atomic E-state index is -0.351. The molecule has 5 heteroatoms. The Morgan fingerprint density at radius 2 is 2.15 bits per heavy atom. The van der Waals surface area contributed by atoms with Crippen LogP contribution in [0.1, 0.15) is 11.1 Å². The molecular weight excluding hydrogens is 302 g/mol. The third-order valence-corrected chi connectivity index (χ3v) is 3.24. The van der Waals surface area contributed by atoms with Crippen LogP contribution in [0.25, 0.3) is 0 Å². The first kappa shape index (κ1) is 10.7. The first-order chi connectivity index (χ1) is 6.07. The maximum Gasteiger partial charge on any atom is 0.277 e. The van der Waals surface area contributed by atoms with Crippen LogP contribution in [0.2, 0.25) is 0 Å². The third-order valence-electron chi connectivity index (χ3n) is 1.77. The first-order valence-electron chi connectivity index (χ1n) is 3.56. The SMILES string of the molecule is Cc1c(Br)ccc(CBr)c1[N+](=O)[O-]. The molecule has 0 atom stereocenters. The summed E-state index contributed by atoms with van der Waals surface area (Å²) in [6, 6.07) is 3.56. The van der Waals surface area contributed by atoms with E-state index in [1.54, 1.807) is 13.0 Å². The fraction of sp³-hybridized carbons (Fsp3) is 0.250. The Hall–Kier alpha value is -0.420. The van der Waals surface area contributed by atoms with Gasteiger partial charge in [0.25, 0.3) is 5.69 Å². The zero-order valence-corrected chi connectivity index (χ0v) is 10.1. The Bertz CT molecular complexity index is 352. The highest BCUT2D eigenvalue weighted by Crippen LogP contribution is 2.30. The van der Waals surface area contributed by atoms with Crippen LogP contribution in [-0.4, -0.2) is 4.92 Å². The average molecular weight is 309 g/mol. The fourth-order valence-electron chi connectivity index (χ4n) is 1.09. The van der Waals surface area contributed by atoms with Crippen molar-refractivity contribution in [3.63, 3.8) is 0 Å². The van der Waals surface area contributed by atoms with E-state index in [0.717, 1.165) is 4.47 Å². The number of benzene rings is 1. The minimum Gasteiger partial charge on any atom is -0.258 e. The second-order valence-corrected chi connectivity index (χ2v) is 3.99. The van der Waals surface area contributed by atoms with Crippen LogP contribution >= 0.6 is 31.9 Å². The van der Waals surface area contributed by atoms with E-state index in [2.05, 4.69) is 31.9 Å². The molecule has 0 N–H and O–H groups in total. The summed E-state index contributed by atoms with van der Waals surface area (Å²) in [5, 5.41) is 11.2. The van der Waals surface area contributed by atoms with E-state index in [1.165, 1.54) is 0 Å². The van der Waals surface area contributed by atoms with Crippen LogP contribution < -0.4 is 0 Å². The molecule has 3 nitrogen and oxygen atoms in total. The topological polar surface area (TPSA) is 43.1 Å². The van der Waals surface area contributed by atoms with E-state index in [9.17, 15) is 10.1 Å². The molecule has 0 radical (unpaired) electrons. The number of hydrogen-bond acceptors (Lipinski definition) is 2. The summed E-state index contributed by atoms with van der Waals surface area (Å²) < 4.78 is 0.768. The summed E-state index contributed by atoms with van der Waals surface area (Å²) in [4.78, 5) is 10.4. The smallest absolute Gasteiger partial charge is 0.258 e. The van der Waals surface area contributed by atoms with Gasteiger partial charge in [-0.3, -0.25) is 10.1 Å². The van der Waals surface area contributed by atoms with Gasteiger partial charge in [-0.2, -0.15) is 0 Å². The molecule has 0 saturated carbocycles. The lowest BCUT2D eigenvalue weighted by Crippen LogP contribution is -1.97. The van der Waals surface area contributed by atoms with Crippen molar-refractivity contribution in [2.45, 2.75) is 12.3 Å². The lowest BCUT2D eigenvalue weighted by Gasteiger charge is -2.03. The second kappa shape index (κ2) is 4.19. The van der Waals surface area contributed by atoms with E-state index >= 15 is 0 Å². The highest BCUT2D eigenvalue weighted by atomic mass is 79.9. The van der Waals surface area contributed by atoms with Gasteiger partial charge in [-0.1, -0.05) is 37.9 Å². The molecule has 0 aliphatic carbocycles. The van der Waals surface area contributed by atoms with Crippen LogP contribution in [0.3, 0.4) is 0 Å². The molecule has 1 aromatic carbocycles. The highest BCUT2D eigenvalue weighted by Gasteiger charge is 2.17. The van der Waals surface area contributed by atoms with Gasteiger partial charge in [0.1, 0.15) is 0 Å². The molecule has 0 spiro atoms. The Balaban J connectivity index is 3.41. The third kappa shape index (κ3) is 2.08. The van der Waals surface area contributed by atoms with Crippen molar-refractivity contribution >= 4 is 37.5 Å². The van der Waals surface area contributed by atoms with Crippen LogP contribution in [0, 0.1) is 17.0 Å². The number of halogens is 2. The largest absolute Gasteiger partial charge is 0.277 e. The summed E-state index contributed by atoms with van der Waals surface area (Å²) in [5.41, 5.74) is 1.55. The molecule has 0 saturated heterocycles. The molecule has 0 aliphatic rings. The van der Waals surface area contributed by atoms with E-state index in [1.807, 2.05) is 6.07 Å². The van der Waals surface area contributed by atoms with E-state index in [4.69, 9.17) is 0 Å². The number of nitrogens with zero attached hydrogens (tertiary/aromatic N) is 1. The number of nitro groups is 1. The molecule has 1 aromatic rings. The Morgan fingerprint density at radius 3 is 2.62 bits per heavy atom. The minimum absolute atomic E-state index is 0.186. The Morgan fingerprint density at radius 1 is 1.54 bits per heavy atom. The van der Waals surface area contributed by atoms with Gasteiger partial charge in [0.05, 0.1) is 4.92 Å². The standard InChI is InChI=1S/C8H7Br2NO2/c1-5-7(10)3-2-6(4-9)8(5)11(12)13/h2-3H,4H2,1H3. The van der Waals surface area contributed by atoms with Crippen molar-refractivity contribution in [2.24, 2.45) is 0 Å². The van der Waals surface area contributed by atoms with Crippen molar-refractivity contribution in [3.05, 3.63) is 37.8 Å². The number of rotatable bonds is 2. The quantitative estimate of drug-likeness (QED) is 0.476. The lowest BCUT2D eigenvalue weighted by atomic mass is 10.1. The van der Waals surface area contributed by atoms with Gasteiger partial charge in [0, 0.05) is 20.9 Å². The van der Waals surface area contributed by atoms with Crippen molar-refractivity contribution < 1.29 is 4.92 Å². The molecule has 0 heterocycles. The summed E-state index contributed by atoms with van der Waals surface area (Å²) >= 11 is 6.47. The molecular formula is C8H7Br2NO2. The van der Waals surface area contributed by atoms with Crippen molar-refractivity contribution in [2.75, 3.05) is 0 Å². The number of alkyl halides is 1. The molecule has 0 bridgehead atoms. The van der Waals surface area contributed by atoms with Crippen molar-refractivity contribution in [1.82, 2.24) is 0 Å². The van der Waals surface area contributed by atoms with Gasteiger partial charge in [0.2, 0.25) is 0 Å². The summed E-state index contributed by atoms with van der Waals surface area (Å²) in [7, 11) is 0. The Kier molecular flexibility index (Phi) is 3.44. The molecule has 1 rings (SSSR count). The van der Waals surface area contributed by atoms with E-state index < -0.39 is 0 Å². The predicted molar refractivity (Wildman–Crippen MR) is 58.2 cm³/mol. The monoisotopic (exact) mass is 307 g/mol. The lowest BCUT2D eigenvalue weighted by molar-refractivity contribution is -0.386. The maximum atomic E-state index is 10.7. The van der Waals surface area contributed by atoms with Gasteiger partial charge in [0.15, 0.2) is 0 Å². The fourth-order valence-corrected chi connectivity index (χ4v) is 1.87. The van der Waals surface area contributed by atoms with E-state index in [0.29, 0.717) is 16.5 Å². The summed E-state index contributed by atoms with van der Waals surface area (Å²) in [6.45, 7) is 1.73. The molecule has 0 aromatic heterocycles. The van der Waals surface area contributed by atoms with Crippen LogP contribution in [0.5, 0.6) is 0 Å². The second-order valence-electron chi connectivity index (χ2n) is 2.57. The molecule has 70 valence electrons. The van der Waals surface area contributed by atoms with Crippen LogP contribution in [0.15, 0.2) is 16.6 Å². The molecule has 0 amide bonds. The number of nitro benzene ring substituents is 1. The van der Waals surface area contributed by atoms with Gasteiger partial charge >= 0.3 is 0 Å². The first-order valence-corrected chi connectivity index (χ1v) is 5.47. The van der Waals surface area contributed by atoms with Crippen LogP contribution in [-0.2, 0) is 5.33 Å². The van der Waals surface area contributed by atoms with Gasteiger partial charge < -0.3 is 0 Å².